The number of carbonyl (C=O) groups is 1. The van der Waals surface area contributed by atoms with E-state index in [0.29, 0.717) is 18.0 Å². The van der Waals surface area contributed by atoms with E-state index < -0.39 is 0 Å². The van der Waals surface area contributed by atoms with Gasteiger partial charge in [0.25, 0.3) is 0 Å². The summed E-state index contributed by atoms with van der Waals surface area (Å²) in [6, 6.07) is 0.383. The van der Waals surface area contributed by atoms with Crippen LogP contribution in [0.4, 0.5) is 4.79 Å². The van der Waals surface area contributed by atoms with Crippen LogP contribution in [0.2, 0.25) is 0 Å². The third-order valence-corrected chi connectivity index (χ3v) is 13.7. The Morgan fingerprint density at radius 1 is 0.812 bits per heavy atom. The summed E-state index contributed by atoms with van der Waals surface area (Å²) in [4.78, 5) is 15.5. The van der Waals surface area contributed by atoms with E-state index in [2.05, 4.69) is 47.6 Å². The van der Waals surface area contributed by atoms with Gasteiger partial charge in [-0.15, -0.1) is 24.8 Å². The van der Waals surface area contributed by atoms with Gasteiger partial charge in [-0.2, -0.15) is 0 Å². The molecular formula is C41H77Cl2N3O2. The Morgan fingerprint density at radius 2 is 1.50 bits per heavy atom. The standard InChI is InChI=1S/C41H75N3O2.2ClH/c1-29(2)14-13-15-30(3)36-19-20-37-35-18-17-33-28-34(21-24-40(33,6)38(35)22-25-41(36,37)7)46-39(45)44(27-23-32(5)43)26-12-10-8-9-11-16-31(4)42;;/h17,29-32,34-38H,8-16,18-28,42-43H2,1-7H3;2*1H/t30-,31?,32?,34+,35+,36-,37+,38+,40+,41-;;/m1../s1. The van der Waals surface area contributed by atoms with Gasteiger partial charge in [0, 0.05) is 31.6 Å². The van der Waals surface area contributed by atoms with Crippen LogP contribution in [0, 0.1) is 46.3 Å². The monoisotopic (exact) mass is 714 g/mol. The molecule has 4 N–H and O–H groups in total. The Morgan fingerprint density at radius 3 is 2.19 bits per heavy atom. The van der Waals surface area contributed by atoms with E-state index in [0.717, 1.165) is 87.0 Å². The minimum Gasteiger partial charge on any atom is -0.446 e. The molecule has 0 bridgehead atoms. The summed E-state index contributed by atoms with van der Waals surface area (Å²) in [5.41, 5.74) is 14.4. The highest BCUT2D eigenvalue weighted by Gasteiger charge is 2.59. The average Bonchev–Trinajstić information content (AvgIpc) is 3.35. The van der Waals surface area contributed by atoms with E-state index in [9.17, 15) is 4.79 Å². The molecule has 0 aromatic heterocycles. The van der Waals surface area contributed by atoms with Crippen LogP contribution >= 0.6 is 24.8 Å². The lowest BCUT2D eigenvalue weighted by Crippen LogP contribution is -2.51. The number of nitrogens with two attached hydrogens (primary N) is 2. The third kappa shape index (κ3) is 11.0. The zero-order valence-electron chi connectivity index (χ0n) is 32.2. The number of amides is 1. The maximum Gasteiger partial charge on any atom is 0.410 e. The van der Waals surface area contributed by atoms with E-state index in [-0.39, 0.29) is 48.5 Å². The molecule has 1 amide bonds. The van der Waals surface area contributed by atoms with Crippen LogP contribution in [0.5, 0.6) is 0 Å². The topological polar surface area (TPSA) is 81.6 Å². The van der Waals surface area contributed by atoms with Crippen molar-refractivity contribution in [2.45, 2.75) is 182 Å². The van der Waals surface area contributed by atoms with Crippen LogP contribution in [-0.2, 0) is 4.74 Å². The molecule has 10 atom stereocenters. The smallest absolute Gasteiger partial charge is 0.410 e. The summed E-state index contributed by atoms with van der Waals surface area (Å²) in [6.07, 6.45) is 24.5. The molecule has 2 unspecified atom stereocenters. The summed E-state index contributed by atoms with van der Waals surface area (Å²) in [5.74, 6) is 5.12. The van der Waals surface area contributed by atoms with Crippen molar-refractivity contribution in [3.63, 3.8) is 0 Å². The van der Waals surface area contributed by atoms with Crippen LogP contribution < -0.4 is 11.5 Å². The summed E-state index contributed by atoms with van der Waals surface area (Å²) < 4.78 is 6.30. The Bertz CT molecular complexity index is 989. The van der Waals surface area contributed by atoms with Crippen LogP contribution in [0.1, 0.15) is 164 Å². The second-order valence-corrected chi connectivity index (χ2v) is 17.8. The minimum atomic E-state index is -0.117. The van der Waals surface area contributed by atoms with Gasteiger partial charge >= 0.3 is 6.09 Å². The molecule has 3 saturated carbocycles. The van der Waals surface area contributed by atoms with Gasteiger partial charge in [0.2, 0.25) is 0 Å². The first-order valence-corrected chi connectivity index (χ1v) is 20.0. The summed E-state index contributed by atoms with van der Waals surface area (Å²) in [6.45, 7) is 18.2. The minimum absolute atomic E-state index is 0. The Hall–Kier alpha value is -0.490. The average molecular weight is 715 g/mol. The molecule has 0 spiro atoms. The molecule has 5 nitrogen and oxygen atoms in total. The number of carbonyl (C=O) groups excluding carboxylic acids is 1. The Kier molecular flexibility index (Phi) is 18.1. The van der Waals surface area contributed by atoms with Gasteiger partial charge < -0.3 is 21.1 Å². The zero-order chi connectivity index (χ0) is 33.5. The predicted molar refractivity (Wildman–Crippen MR) is 209 cm³/mol. The van der Waals surface area contributed by atoms with E-state index in [1.165, 1.54) is 70.6 Å². The molecule has 0 saturated heterocycles. The molecule has 4 rings (SSSR count). The quantitative estimate of drug-likeness (QED) is 0.116. The molecule has 7 heteroatoms. The fraction of sp³-hybridized carbons (Fsp3) is 0.927. The Balaban J connectivity index is 0.00000400. The van der Waals surface area contributed by atoms with E-state index in [1.54, 1.807) is 5.57 Å². The maximum atomic E-state index is 13.5. The highest BCUT2D eigenvalue weighted by molar-refractivity contribution is 5.85. The van der Waals surface area contributed by atoms with Gasteiger partial charge in [-0.1, -0.05) is 91.2 Å². The van der Waals surface area contributed by atoms with E-state index in [1.807, 2.05) is 11.8 Å². The van der Waals surface area contributed by atoms with Crippen LogP contribution in [-0.4, -0.2) is 42.3 Å². The van der Waals surface area contributed by atoms with Crippen molar-refractivity contribution >= 4 is 30.9 Å². The molecule has 0 radical (unpaired) electrons. The molecule has 4 aliphatic carbocycles. The number of ether oxygens (including phenoxy) is 1. The second-order valence-electron chi connectivity index (χ2n) is 17.8. The van der Waals surface area contributed by atoms with Crippen molar-refractivity contribution in [1.82, 2.24) is 4.90 Å². The lowest BCUT2D eigenvalue weighted by Gasteiger charge is -2.58. The van der Waals surface area contributed by atoms with E-state index >= 15 is 0 Å². The van der Waals surface area contributed by atoms with Gasteiger partial charge in [-0.3, -0.25) is 0 Å². The zero-order valence-corrected chi connectivity index (χ0v) is 33.8. The first kappa shape index (κ1) is 43.7. The Labute approximate surface area is 309 Å². The highest BCUT2D eigenvalue weighted by atomic mass is 35.5. The lowest BCUT2D eigenvalue weighted by atomic mass is 9.47. The molecule has 0 aliphatic heterocycles. The fourth-order valence-corrected chi connectivity index (χ4v) is 10.9. The molecule has 0 heterocycles. The molecule has 0 aromatic carbocycles. The highest BCUT2D eigenvalue weighted by Crippen LogP contribution is 2.67. The van der Waals surface area contributed by atoms with Crippen molar-refractivity contribution in [3.05, 3.63) is 11.6 Å². The van der Waals surface area contributed by atoms with Gasteiger partial charge in [0.05, 0.1) is 0 Å². The lowest BCUT2D eigenvalue weighted by molar-refractivity contribution is -0.0593. The molecule has 48 heavy (non-hydrogen) atoms. The number of fused-ring (bicyclic) bond motifs is 5. The normalized spacial score (nSPS) is 32.8. The molecule has 4 aliphatic rings. The number of unbranched alkanes of at least 4 members (excludes halogenated alkanes) is 4. The van der Waals surface area contributed by atoms with Crippen LogP contribution in [0.15, 0.2) is 11.6 Å². The van der Waals surface area contributed by atoms with Crippen molar-refractivity contribution in [2.75, 3.05) is 13.1 Å². The van der Waals surface area contributed by atoms with E-state index in [4.69, 9.17) is 16.2 Å². The number of hydrogen-bond acceptors (Lipinski definition) is 4. The molecule has 3 fully saturated rings. The number of nitrogens with zero attached hydrogens (tertiary/aromatic N) is 1. The van der Waals surface area contributed by atoms with Crippen molar-refractivity contribution < 1.29 is 9.53 Å². The van der Waals surface area contributed by atoms with Crippen molar-refractivity contribution in [1.29, 1.82) is 0 Å². The predicted octanol–water partition coefficient (Wildman–Crippen LogP) is 11.1. The van der Waals surface area contributed by atoms with Crippen molar-refractivity contribution in [2.24, 2.45) is 57.8 Å². The summed E-state index contributed by atoms with van der Waals surface area (Å²) in [5, 5.41) is 0. The molecular weight excluding hydrogens is 637 g/mol. The largest absolute Gasteiger partial charge is 0.446 e. The fourth-order valence-electron chi connectivity index (χ4n) is 10.9. The second kappa shape index (κ2) is 19.9. The first-order valence-electron chi connectivity index (χ1n) is 20.0. The first-order chi connectivity index (χ1) is 21.8. The van der Waals surface area contributed by atoms with Gasteiger partial charge in [0.1, 0.15) is 6.10 Å². The summed E-state index contributed by atoms with van der Waals surface area (Å²) in [7, 11) is 0. The molecule has 282 valence electrons. The summed E-state index contributed by atoms with van der Waals surface area (Å²) >= 11 is 0. The number of hydrogen-bond donors (Lipinski definition) is 2. The number of halogens is 2. The number of allylic oxidation sites excluding steroid dienone is 1. The number of rotatable bonds is 17. The van der Waals surface area contributed by atoms with Crippen LogP contribution in [0.3, 0.4) is 0 Å². The van der Waals surface area contributed by atoms with Crippen LogP contribution in [0.25, 0.3) is 0 Å². The molecule has 0 aromatic rings. The maximum absolute atomic E-state index is 13.5. The van der Waals surface area contributed by atoms with Gasteiger partial charge in [-0.25, -0.2) is 4.79 Å². The SMILES string of the molecule is CC(C)CCC[C@@H](C)[C@H]1CC[C@H]2[C@@H]3CC=C4C[C@@H](OC(=O)N(CCCCCCCC(C)N)CCC(C)N)CC[C@]4(C)[C@H]3CC[C@]12C.Cl.Cl. The van der Waals surface area contributed by atoms with Gasteiger partial charge in [0.15, 0.2) is 0 Å². The van der Waals surface area contributed by atoms with Crippen molar-refractivity contribution in [3.8, 4) is 0 Å². The van der Waals surface area contributed by atoms with Gasteiger partial charge in [-0.05, 0) is 124 Å². The third-order valence-electron chi connectivity index (χ3n) is 13.7.